The van der Waals surface area contributed by atoms with Crippen molar-refractivity contribution < 1.29 is 19.1 Å². The summed E-state index contributed by atoms with van der Waals surface area (Å²) >= 11 is 6.06. The molecule has 0 aliphatic carbocycles. The molecule has 2 aliphatic heterocycles. The molecule has 0 unspecified atom stereocenters. The predicted octanol–water partition coefficient (Wildman–Crippen LogP) is 2.14. The quantitative estimate of drug-likeness (QED) is 0.794. The number of anilines is 1. The minimum atomic E-state index is -0.238. The summed E-state index contributed by atoms with van der Waals surface area (Å²) in [7, 11) is 1.67. The molecule has 1 fully saturated rings. The highest BCUT2D eigenvalue weighted by molar-refractivity contribution is 6.33. The van der Waals surface area contributed by atoms with Crippen molar-refractivity contribution in [3.05, 3.63) is 40.7 Å². The van der Waals surface area contributed by atoms with E-state index in [1.165, 1.54) is 10.9 Å². The second-order valence-corrected chi connectivity index (χ2v) is 7.35. The Balaban J connectivity index is 1.42. The van der Waals surface area contributed by atoms with Gasteiger partial charge >= 0.3 is 0 Å². The Labute approximate surface area is 166 Å². The third-order valence-electron chi connectivity index (χ3n) is 5.15. The Morgan fingerprint density at radius 3 is 2.71 bits per heavy atom. The molecule has 1 aromatic heterocycles. The molecule has 9 heteroatoms. The fraction of sp³-hybridized carbons (Fsp3) is 0.368. The van der Waals surface area contributed by atoms with E-state index >= 15 is 0 Å². The van der Waals surface area contributed by atoms with Gasteiger partial charge in [-0.15, -0.1) is 0 Å². The number of nitrogens with one attached hydrogen (secondary N) is 1. The lowest BCUT2D eigenvalue weighted by Gasteiger charge is -2.31. The van der Waals surface area contributed by atoms with E-state index in [2.05, 4.69) is 10.4 Å². The van der Waals surface area contributed by atoms with Crippen molar-refractivity contribution in [2.75, 3.05) is 25.0 Å². The topological polar surface area (TPSA) is 93.5 Å². The molecule has 3 heterocycles. The number of Topliss-reactive ketones (excluding diaryl/α,β-unsaturated/α-hetero) is 1. The standard InChI is InChI=1S/C19H19ClN4O4/c1-23-17(13(20)9-21-23)19(27)24-6-4-11(5-7-24)18(26)12-2-3-15-14(8-12)22-16(25)10-28-15/h2-3,8-9,11H,4-7,10H2,1H3,(H,22,25). The van der Waals surface area contributed by atoms with E-state index in [0.717, 1.165) is 0 Å². The third-order valence-corrected chi connectivity index (χ3v) is 5.42. The zero-order chi connectivity index (χ0) is 19.8. The van der Waals surface area contributed by atoms with E-state index in [-0.39, 0.29) is 30.1 Å². The van der Waals surface area contributed by atoms with Gasteiger partial charge in [0, 0.05) is 31.6 Å². The molecule has 0 saturated carbocycles. The van der Waals surface area contributed by atoms with E-state index < -0.39 is 0 Å². The number of hydrogen-bond donors (Lipinski definition) is 1. The van der Waals surface area contributed by atoms with Gasteiger partial charge < -0.3 is 15.0 Å². The number of piperidine rings is 1. The van der Waals surface area contributed by atoms with Crippen molar-refractivity contribution in [2.24, 2.45) is 13.0 Å². The molecular weight excluding hydrogens is 384 g/mol. The Morgan fingerprint density at radius 1 is 1.29 bits per heavy atom. The van der Waals surface area contributed by atoms with E-state index in [0.29, 0.717) is 53.6 Å². The molecule has 2 amide bonds. The van der Waals surface area contributed by atoms with Gasteiger partial charge in [-0.3, -0.25) is 19.1 Å². The summed E-state index contributed by atoms with van der Waals surface area (Å²) in [5.41, 5.74) is 1.40. The lowest BCUT2D eigenvalue weighted by Crippen LogP contribution is -2.41. The lowest BCUT2D eigenvalue weighted by atomic mass is 9.88. The van der Waals surface area contributed by atoms with Gasteiger partial charge in [0.2, 0.25) is 0 Å². The number of aryl methyl sites for hydroxylation is 1. The summed E-state index contributed by atoms with van der Waals surface area (Å²) in [6.07, 6.45) is 2.59. The van der Waals surface area contributed by atoms with Gasteiger partial charge in [0.1, 0.15) is 11.4 Å². The maximum atomic E-state index is 12.9. The number of ether oxygens (including phenoxy) is 1. The first-order valence-corrected chi connectivity index (χ1v) is 9.39. The van der Waals surface area contributed by atoms with Crippen LogP contribution in [-0.2, 0) is 11.8 Å². The minimum absolute atomic E-state index is 0.00767. The normalized spacial score (nSPS) is 16.9. The van der Waals surface area contributed by atoms with Crippen LogP contribution in [-0.4, -0.2) is 52.0 Å². The van der Waals surface area contributed by atoms with Crippen LogP contribution in [0.1, 0.15) is 33.7 Å². The van der Waals surface area contributed by atoms with Gasteiger partial charge in [0.25, 0.3) is 11.8 Å². The second kappa shape index (κ2) is 7.27. The van der Waals surface area contributed by atoms with Crippen molar-refractivity contribution in [1.29, 1.82) is 0 Å². The molecule has 28 heavy (non-hydrogen) atoms. The fourth-order valence-electron chi connectivity index (χ4n) is 3.62. The summed E-state index contributed by atoms with van der Waals surface area (Å²) in [6, 6.07) is 5.07. The molecule has 0 bridgehead atoms. The Bertz CT molecular complexity index is 943. The van der Waals surface area contributed by atoms with Gasteiger partial charge in [-0.2, -0.15) is 5.10 Å². The molecular formula is C19H19ClN4O4. The molecule has 0 spiro atoms. The number of rotatable bonds is 3. The highest BCUT2D eigenvalue weighted by atomic mass is 35.5. The first-order chi connectivity index (χ1) is 13.4. The van der Waals surface area contributed by atoms with E-state index in [1.807, 2.05) is 0 Å². The maximum Gasteiger partial charge on any atom is 0.273 e. The van der Waals surface area contributed by atoms with Crippen molar-refractivity contribution in [1.82, 2.24) is 14.7 Å². The van der Waals surface area contributed by atoms with Crippen LogP contribution in [0.4, 0.5) is 5.69 Å². The van der Waals surface area contributed by atoms with Crippen LogP contribution in [0.25, 0.3) is 0 Å². The smallest absolute Gasteiger partial charge is 0.273 e. The number of nitrogens with zero attached hydrogens (tertiary/aromatic N) is 3. The molecule has 2 aromatic rings. The van der Waals surface area contributed by atoms with E-state index in [1.54, 1.807) is 30.1 Å². The second-order valence-electron chi connectivity index (χ2n) is 6.94. The summed E-state index contributed by atoms with van der Waals surface area (Å²) in [5.74, 6) is -0.0236. The van der Waals surface area contributed by atoms with Crippen molar-refractivity contribution >= 4 is 34.9 Å². The van der Waals surface area contributed by atoms with Gasteiger partial charge in [0.05, 0.1) is 16.9 Å². The molecule has 8 nitrogen and oxygen atoms in total. The summed E-state index contributed by atoms with van der Waals surface area (Å²) in [6.45, 7) is 0.927. The largest absolute Gasteiger partial charge is 0.482 e. The monoisotopic (exact) mass is 402 g/mol. The minimum Gasteiger partial charge on any atom is -0.482 e. The van der Waals surface area contributed by atoms with Gasteiger partial charge in [-0.1, -0.05) is 11.6 Å². The fourth-order valence-corrected chi connectivity index (χ4v) is 3.86. The van der Waals surface area contributed by atoms with Gasteiger partial charge in [0.15, 0.2) is 12.4 Å². The molecule has 1 saturated heterocycles. The number of ketones is 1. The van der Waals surface area contributed by atoms with E-state index in [4.69, 9.17) is 16.3 Å². The molecule has 1 aromatic carbocycles. The van der Waals surface area contributed by atoms with E-state index in [9.17, 15) is 14.4 Å². The number of carbonyl (C=O) groups excluding carboxylic acids is 3. The number of hydrogen-bond acceptors (Lipinski definition) is 5. The number of fused-ring (bicyclic) bond motifs is 1. The highest BCUT2D eigenvalue weighted by Gasteiger charge is 2.31. The molecule has 0 radical (unpaired) electrons. The van der Waals surface area contributed by atoms with Crippen LogP contribution in [0, 0.1) is 5.92 Å². The lowest BCUT2D eigenvalue weighted by molar-refractivity contribution is -0.118. The van der Waals surface area contributed by atoms with Crippen LogP contribution in [0.3, 0.4) is 0 Å². The van der Waals surface area contributed by atoms with Crippen LogP contribution >= 0.6 is 11.6 Å². The Kier molecular flexibility index (Phi) is 4.80. The predicted molar refractivity (Wildman–Crippen MR) is 102 cm³/mol. The van der Waals surface area contributed by atoms with Gasteiger partial charge in [-0.25, -0.2) is 0 Å². The SMILES string of the molecule is Cn1ncc(Cl)c1C(=O)N1CCC(C(=O)c2ccc3c(c2)NC(=O)CO3)CC1. The zero-order valence-electron chi connectivity index (χ0n) is 15.3. The van der Waals surface area contributed by atoms with Crippen LogP contribution in [0.5, 0.6) is 5.75 Å². The number of benzene rings is 1. The van der Waals surface area contributed by atoms with Gasteiger partial charge in [-0.05, 0) is 31.0 Å². The molecule has 0 atom stereocenters. The third kappa shape index (κ3) is 3.35. The molecule has 146 valence electrons. The Morgan fingerprint density at radius 2 is 2.04 bits per heavy atom. The molecule has 4 rings (SSSR count). The molecule has 1 N–H and O–H groups in total. The van der Waals surface area contributed by atoms with Crippen LogP contribution < -0.4 is 10.1 Å². The first-order valence-electron chi connectivity index (χ1n) is 9.01. The van der Waals surface area contributed by atoms with Crippen molar-refractivity contribution in [3.8, 4) is 5.75 Å². The zero-order valence-corrected chi connectivity index (χ0v) is 16.0. The van der Waals surface area contributed by atoms with Crippen LogP contribution in [0.15, 0.2) is 24.4 Å². The summed E-state index contributed by atoms with van der Waals surface area (Å²) < 4.78 is 6.79. The summed E-state index contributed by atoms with van der Waals surface area (Å²) in [5, 5.41) is 7.04. The number of carbonyl (C=O) groups is 3. The average molecular weight is 403 g/mol. The summed E-state index contributed by atoms with van der Waals surface area (Å²) in [4.78, 5) is 38.8. The maximum absolute atomic E-state index is 12.9. The van der Waals surface area contributed by atoms with Crippen molar-refractivity contribution in [3.63, 3.8) is 0 Å². The first kappa shape index (κ1) is 18.5. The Hall–Kier alpha value is -2.87. The van der Waals surface area contributed by atoms with Crippen LogP contribution in [0.2, 0.25) is 5.02 Å². The number of likely N-dealkylation sites (tertiary alicyclic amines) is 1. The number of amides is 2. The van der Waals surface area contributed by atoms with Crippen molar-refractivity contribution in [2.45, 2.75) is 12.8 Å². The molecule has 2 aliphatic rings. The average Bonchev–Trinajstić information content (AvgIpc) is 3.04. The highest BCUT2D eigenvalue weighted by Crippen LogP contribution is 2.31. The number of halogens is 1. The number of aromatic nitrogens is 2.